The molecule has 0 spiro atoms. The molecule has 1 aliphatic rings. The number of hydrogen-bond acceptors (Lipinski definition) is 4. The number of amides is 2. The van der Waals surface area contributed by atoms with E-state index >= 15 is 0 Å². The summed E-state index contributed by atoms with van der Waals surface area (Å²) in [6.07, 6.45) is 0. The fourth-order valence-electron chi connectivity index (χ4n) is 3.51. The molecule has 0 aliphatic carbocycles. The Morgan fingerprint density at radius 3 is 2.10 bits per heavy atom. The molecule has 1 atom stereocenters. The van der Waals surface area contributed by atoms with Gasteiger partial charge in [-0.1, -0.05) is 25.4 Å². The van der Waals surface area contributed by atoms with Crippen LogP contribution in [0.2, 0.25) is 5.02 Å². The molecule has 3 rings (SSSR count). The summed E-state index contributed by atoms with van der Waals surface area (Å²) in [5, 5.41) is 3.47. The number of carbonyl (C=O) groups excluding carboxylic acids is 2. The number of hydrogen-bond donors (Lipinski definition) is 1. The van der Waals surface area contributed by atoms with Gasteiger partial charge in [-0.05, 0) is 54.4 Å². The quantitative estimate of drug-likeness (QED) is 0.764. The lowest BCUT2D eigenvalue weighted by Gasteiger charge is -2.38. The molecule has 2 aromatic rings. The van der Waals surface area contributed by atoms with E-state index in [-0.39, 0.29) is 17.7 Å². The fourth-order valence-corrected chi connectivity index (χ4v) is 3.64. The number of ether oxygens (including phenoxy) is 1. The van der Waals surface area contributed by atoms with Gasteiger partial charge >= 0.3 is 0 Å². The summed E-state index contributed by atoms with van der Waals surface area (Å²) in [7, 11) is 1.65. The molecule has 0 radical (unpaired) electrons. The van der Waals surface area contributed by atoms with Crippen LogP contribution in [0.1, 0.15) is 24.2 Å². The molecule has 7 heteroatoms. The minimum absolute atomic E-state index is 0.0200. The minimum atomic E-state index is -0.569. The molecule has 30 heavy (non-hydrogen) atoms. The lowest BCUT2D eigenvalue weighted by molar-refractivity contribution is -0.134. The van der Waals surface area contributed by atoms with Crippen molar-refractivity contribution in [1.29, 1.82) is 0 Å². The first-order valence-corrected chi connectivity index (χ1v) is 10.5. The van der Waals surface area contributed by atoms with E-state index in [0.29, 0.717) is 23.7 Å². The van der Waals surface area contributed by atoms with Crippen molar-refractivity contribution in [1.82, 2.24) is 10.2 Å². The van der Waals surface area contributed by atoms with Gasteiger partial charge < -0.3 is 19.9 Å². The highest BCUT2D eigenvalue weighted by Crippen LogP contribution is 2.21. The summed E-state index contributed by atoms with van der Waals surface area (Å²) >= 11 is 5.89. The Kier molecular flexibility index (Phi) is 7.21. The lowest BCUT2D eigenvalue weighted by atomic mass is 10.0. The van der Waals surface area contributed by atoms with Crippen LogP contribution in [0, 0.1) is 5.92 Å². The van der Waals surface area contributed by atoms with Crippen molar-refractivity contribution in [2.75, 3.05) is 38.2 Å². The number of anilines is 1. The fraction of sp³-hybridized carbons (Fsp3) is 0.391. The van der Waals surface area contributed by atoms with Gasteiger partial charge in [0.2, 0.25) is 5.91 Å². The molecular weight excluding hydrogens is 402 g/mol. The summed E-state index contributed by atoms with van der Waals surface area (Å²) in [6, 6.07) is 14.0. The highest BCUT2D eigenvalue weighted by molar-refractivity contribution is 6.30. The van der Waals surface area contributed by atoms with E-state index in [9.17, 15) is 9.59 Å². The van der Waals surface area contributed by atoms with Gasteiger partial charge in [0, 0.05) is 42.5 Å². The van der Waals surface area contributed by atoms with Gasteiger partial charge in [0.15, 0.2) is 0 Å². The van der Waals surface area contributed by atoms with Crippen molar-refractivity contribution in [2.45, 2.75) is 19.9 Å². The van der Waals surface area contributed by atoms with E-state index in [1.54, 1.807) is 31.4 Å². The molecular formula is C23H28ClN3O3. The molecule has 2 amide bonds. The lowest BCUT2D eigenvalue weighted by Crippen LogP contribution is -2.56. The number of benzene rings is 2. The van der Waals surface area contributed by atoms with E-state index < -0.39 is 6.04 Å². The van der Waals surface area contributed by atoms with Gasteiger partial charge in [0.1, 0.15) is 11.8 Å². The Morgan fingerprint density at radius 2 is 1.57 bits per heavy atom. The molecule has 1 N–H and O–H groups in total. The van der Waals surface area contributed by atoms with Crippen molar-refractivity contribution >= 4 is 29.1 Å². The van der Waals surface area contributed by atoms with Crippen LogP contribution >= 0.6 is 11.6 Å². The van der Waals surface area contributed by atoms with Crippen LogP contribution in [-0.4, -0.2) is 56.0 Å². The Labute approximate surface area is 182 Å². The molecule has 2 aromatic carbocycles. The third-order valence-electron chi connectivity index (χ3n) is 5.35. The summed E-state index contributed by atoms with van der Waals surface area (Å²) in [6.45, 7) is 6.61. The van der Waals surface area contributed by atoms with Gasteiger partial charge in [-0.15, -0.1) is 0 Å². The number of piperazine rings is 1. The smallest absolute Gasteiger partial charge is 0.251 e. The zero-order valence-corrected chi connectivity index (χ0v) is 18.4. The van der Waals surface area contributed by atoms with Crippen LogP contribution in [0.3, 0.4) is 0 Å². The molecule has 1 unspecified atom stereocenters. The second-order valence-electron chi connectivity index (χ2n) is 7.71. The van der Waals surface area contributed by atoms with Crippen LogP contribution in [0.15, 0.2) is 48.5 Å². The maximum atomic E-state index is 13.1. The molecule has 0 bridgehead atoms. The Balaban J connectivity index is 1.60. The number of rotatable bonds is 6. The number of nitrogens with zero attached hydrogens (tertiary/aromatic N) is 2. The molecule has 160 valence electrons. The predicted molar refractivity (Wildman–Crippen MR) is 119 cm³/mol. The van der Waals surface area contributed by atoms with E-state index in [1.807, 2.05) is 43.0 Å². The van der Waals surface area contributed by atoms with Gasteiger partial charge in [-0.25, -0.2) is 0 Å². The molecule has 1 fully saturated rings. The second kappa shape index (κ2) is 9.85. The van der Waals surface area contributed by atoms with Gasteiger partial charge in [-0.3, -0.25) is 9.59 Å². The maximum Gasteiger partial charge on any atom is 0.251 e. The first-order valence-electron chi connectivity index (χ1n) is 10.1. The molecule has 1 saturated heterocycles. The summed E-state index contributed by atoms with van der Waals surface area (Å²) in [5.74, 6) is 0.495. The van der Waals surface area contributed by atoms with Gasteiger partial charge in [0.25, 0.3) is 5.91 Å². The third kappa shape index (κ3) is 5.25. The van der Waals surface area contributed by atoms with E-state index in [0.717, 1.165) is 24.5 Å². The number of methoxy groups -OCH3 is 1. The van der Waals surface area contributed by atoms with E-state index in [2.05, 4.69) is 10.2 Å². The van der Waals surface area contributed by atoms with Crippen molar-refractivity contribution in [3.8, 4) is 5.75 Å². The van der Waals surface area contributed by atoms with Crippen molar-refractivity contribution in [3.63, 3.8) is 0 Å². The second-order valence-corrected chi connectivity index (χ2v) is 8.15. The molecule has 6 nitrogen and oxygen atoms in total. The number of carbonyl (C=O) groups is 2. The van der Waals surface area contributed by atoms with Crippen LogP contribution in [0.4, 0.5) is 5.69 Å². The monoisotopic (exact) mass is 429 g/mol. The topological polar surface area (TPSA) is 61.9 Å². The van der Waals surface area contributed by atoms with E-state index in [4.69, 9.17) is 16.3 Å². The summed E-state index contributed by atoms with van der Waals surface area (Å²) in [5.41, 5.74) is 1.60. The largest absolute Gasteiger partial charge is 0.497 e. The summed E-state index contributed by atoms with van der Waals surface area (Å²) in [4.78, 5) is 29.8. The zero-order chi connectivity index (χ0) is 21.7. The van der Waals surface area contributed by atoms with Crippen molar-refractivity contribution in [3.05, 3.63) is 59.1 Å². The average molecular weight is 430 g/mol. The standard InChI is InChI=1S/C23H28ClN3O3/c1-16(2)21(25-22(28)17-4-6-18(24)7-5-17)23(29)27-14-12-26(13-15-27)19-8-10-20(30-3)11-9-19/h4-11,16,21H,12-15H2,1-3H3,(H,25,28). The highest BCUT2D eigenvalue weighted by atomic mass is 35.5. The van der Waals surface area contributed by atoms with Gasteiger partial charge in [-0.2, -0.15) is 0 Å². The van der Waals surface area contributed by atoms with Crippen molar-refractivity contribution < 1.29 is 14.3 Å². The Morgan fingerprint density at radius 1 is 0.967 bits per heavy atom. The first-order chi connectivity index (χ1) is 14.4. The van der Waals surface area contributed by atoms with Crippen LogP contribution < -0.4 is 15.0 Å². The first kappa shape index (κ1) is 22.0. The third-order valence-corrected chi connectivity index (χ3v) is 5.61. The van der Waals surface area contributed by atoms with E-state index in [1.165, 1.54) is 0 Å². The predicted octanol–water partition coefficient (Wildman–Crippen LogP) is 3.45. The average Bonchev–Trinajstić information content (AvgIpc) is 2.77. The van der Waals surface area contributed by atoms with Crippen LogP contribution in [0.25, 0.3) is 0 Å². The Hall–Kier alpha value is -2.73. The molecule has 1 aliphatic heterocycles. The van der Waals surface area contributed by atoms with Crippen molar-refractivity contribution in [2.24, 2.45) is 5.92 Å². The zero-order valence-electron chi connectivity index (χ0n) is 17.6. The molecule has 1 heterocycles. The minimum Gasteiger partial charge on any atom is -0.497 e. The maximum absolute atomic E-state index is 13.1. The molecule has 0 aromatic heterocycles. The number of nitrogens with one attached hydrogen (secondary N) is 1. The van der Waals surface area contributed by atoms with Gasteiger partial charge in [0.05, 0.1) is 7.11 Å². The number of halogens is 1. The highest BCUT2D eigenvalue weighted by Gasteiger charge is 2.31. The SMILES string of the molecule is COc1ccc(N2CCN(C(=O)C(NC(=O)c3ccc(Cl)cc3)C(C)C)CC2)cc1. The Bertz CT molecular complexity index is 860. The molecule has 0 saturated carbocycles. The van der Waals surface area contributed by atoms with Crippen LogP contribution in [0.5, 0.6) is 5.75 Å². The summed E-state index contributed by atoms with van der Waals surface area (Å²) < 4.78 is 5.21. The normalized spacial score (nSPS) is 15.1. The van der Waals surface area contributed by atoms with Crippen LogP contribution in [-0.2, 0) is 4.79 Å².